The van der Waals surface area contributed by atoms with Crippen LogP contribution in [0.25, 0.3) is 0 Å². The van der Waals surface area contributed by atoms with Crippen molar-refractivity contribution in [1.29, 1.82) is 0 Å². The Hall–Kier alpha value is -1.55. The van der Waals surface area contributed by atoms with Gasteiger partial charge in [-0.15, -0.1) is 0 Å². The summed E-state index contributed by atoms with van der Waals surface area (Å²) >= 11 is 5.84. The van der Waals surface area contributed by atoms with Crippen molar-refractivity contribution in [3.63, 3.8) is 0 Å². The van der Waals surface area contributed by atoms with Gasteiger partial charge in [0.05, 0.1) is 10.6 Å². The van der Waals surface area contributed by atoms with E-state index in [0.717, 1.165) is 12.8 Å². The molecule has 1 aromatic rings. The fraction of sp³-hybridized carbons (Fsp3) is 0.333. The quantitative estimate of drug-likeness (QED) is 0.810. The highest BCUT2D eigenvalue weighted by atomic mass is 35.5. The first-order valence-electron chi connectivity index (χ1n) is 5.49. The molecular formula is C12H15ClN2O2. The number of carbonyl (C=O) groups is 2. The molecule has 0 aromatic heterocycles. The molecular weight excluding hydrogens is 240 g/mol. The molecule has 5 heteroatoms. The third kappa shape index (κ3) is 4.44. The molecule has 4 nitrogen and oxygen atoms in total. The zero-order valence-electron chi connectivity index (χ0n) is 9.63. The van der Waals surface area contributed by atoms with Gasteiger partial charge < -0.3 is 0 Å². The van der Waals surface area contributed by atoms with E-state index >= 15 is 0 Å². The van der Waals surface area contributed by atoms with Crippen LogP contribution in [-0.2, 0) is 4.79 Å². The third-order valence-corrected chi connectivity index (χ3v) is 2.52. The highest BCUT2D eigenvalue weighted by Crippen LogP contribution is 2.13. The van der Waals surface area contributed by atoms with E-state index in [0.29, 0.717) is 17.0 Å². The van der Waals surface area contributed by atoms with Gasteiger partial charge in [-0.2, -0.15) is 0 Å². The number of hydrogen-bond acceptors (Lipinski definition) is 2. The van der Waals surface area contributed by atoms with Crippen LogP contribution in [0.1, 0.15) is 36.5 Å². The van der Waals surface area contributed by atoms with Crippen molar-refractivity contribution in [1.82, 2.24) is 10.9 Å². The lowest BCUT2D eigenvalue weighted by Crippen LogP contribution is -2.41. The smallest absolute Gasteiger partial charge is 0.271 e. The maximum atomic E-state index is 11.6. The van der Waals surface area contributed by atoms with Gasteiger partial charge in [0.15, 0.2) is 0 Å². The van der Waals surface area contributed by atoms with Crippen LogP contribution in [0.5, 0.6) is 0 Å². The van der Waals surface area contributed by atoms with E-state index in [1.165, 1.54) is 0 Å². The van der Waals surface area contributed by atoms with Gasteiger partial charge in [-0.1, -0.05) is 37.1 Å². The van der Waals surface area contributed by atoms with E-state index in [2.05, 4.69) is 10.9 Å². The molecule has 0 bridgehead atoms. The standard InChI is InChI=1S/C12H15ClN2O2/c1-2-3-8-11(16)14-15-12(17)9-6-4-5-7-10(9)13/h4-7H,2-3,8H2,1H3,(H,14,16)(H,15,17). The Bertz CT molecular complexity index is 407. The molecule has 0 aliphatic rings. The fourth-order valence-corrected chi connectivity index (χ4v) is 1.46. The largest absolute Gasteiger partial charge is 0.273 e. The van der Waals surface area contributed by atoms with Crippen molar-refractivity contribution in [3.05, 3.63) is 34.9 Å². The normalized spacial score (nSPS) is 9.76. The Morgan fingerprint density at radius 1 is 1.24 bits per heavy atom. The van der Waals surface area contributed by atoms with Crippen molar-refractivity contribution in [2.75, 3.05) is 0 Å². The number of hydrazine groups is 1. The minimum absolute atomic E-state index is 0.202. The first kappa shape index (κ1) is 13.5. The van der Waals surface area contributed by atoms with Crippen LogP contribution >= 0.6 is 11.6 Å². The zero-order valence-corrected chi connectivity index (χ0v) is 10.4. The summed E-state index contributed by atoms with van der Waals surface area (Å²) in [6.45, 7) is 2.00. The van der Waals surface area contributed by atoms with Crippen LogP contribution in [0.15, 0.2) is 24.3 Å². The molecule has 0 spiro atoms. The van der Waals surface area contributed by atoms with E-state index in [1.54, 1.807) is 24.3 Å². The van der Waals surface area contributed by atoms with Crippen LogP contribution in [0.3, 0.4) is 0 Å². The van der Waals surface area contributed by atoms with E-state index in [4.69, 9.17) is 11.6 Å². The molecule has 0 fully saturated rings. The minimum atomic E-state index is -0.416. The van der Waals surface area contributed by atoms with Gasteiger partial charge in [0.1, 0.15) is 0 Å². The maximum Gasteiger partial charge on any atom is 0.271 e. The number of hydrogen-bond donors (Lipinski definition) is 2. The highest BCUT2D eigenvalue weighted by molar-refractivity contribution is 6.33. The SMILES string of the molecule is CCCCC(=O)NNC(=O)c1ccccc1Cl. The molecule has 0 atom stereocenters. The zero-order chi connectivity index (χ0) is 12.7. The summed E-state index contributed by atoms with van der Waals surface area (Å²) < 4.78 is 0. The molecule has 92 valence electrons. The molecule has 0 aliphatic carbocycles. The molecule has 2 N–H and O–H groups in total. The molecule has 0 unspecified atom stereocenters. The van der Waals surface area contributed by atoms with E-state index in [1.807, 2.05) is 6.92 Å². The molecule has 1 aromatic carbocycles. The lowest BCUT2D eigenvalue weighted by Gasteiger charge is -2.07. The Kier molecular flexibility index (Phi) is 5.49. The molecule has 0 heterocycles. The first-order valence-corrected chi connectivity index (χ1v) is 5.86. The van der Waals surface area contributed by atoms with Crippen LogP contribution in [0, 0.1) is 0 Å². The summed E-state index contributed by atoms with van der Waals surface area (Å²) in [4.78, 5) is 22.9. The van der Waals surface area contributed by atoms with Crippen molar-refractivity contribution < 1.29 is 9.59 Å². The Balaban J connectivity index is 2.45. The van der Waals surface area contributed by atoms with Crippen LogP contribution < -0.4 is 10.9 Å². The predicted octanol–water partition coefficient (Wildman–Crippen LogP) is 2.29. The number of halogens is 1. The van der Waals surface area contributed by atoms with Crippen molar-refractivity contribution in [2.45, 2.75) is 26.2 Å². The summed E-state index contributed by atoms with van der Waals surface area (Å²) in [5, 5.41) is 0.354. The highest BCUT2D eigenvalue weighted by Gasteiger charge is 2.09. The second-order valence-electron chi connectivity index (χ2n) is 3.59. The number of rotatable bonds is 4. The summed E-state index contributed by atoms with van der Waals surface area (Å²) in [5.41, 5.74) is 5.01. The van der Waals surface area contributed by atoms with Gasteiger partial charge in [0, 0.05) is 6.42 Å². The van der Waals surface area contributed by atoms with Crippen LogP contribution in [-0.4, -0.2) is 11.8 Å². The summed E-state index contributed by atoms with van der Waals surface area (Å²) in [7, 11) is 0. The Morgan fingerprint density at radius 3 is 2.59 bits per heavy atom. The molecule has 2 amide bonds. The van der Waals surface area contributed by atoms with E-state index in [9.17, 15) is 9.59 Å². The number of unbranched alkanes of at least 4 members (excludes halogenated alkanes) is 1. The average Bonchev–Trinajstić information content (AvgIpc) is 2.34. The second kappa shape index (κ2) is 6.91. The van der Waals surface area contributed by atoms with Crippen molar-refractivity contribution >= 4 is 23.4 Å². The predicted molar refractivity (Wildman–Crippen MR) is 66.6 cm³/mol. The monoisotopic (exact) mass is 254 g/mol. The molecule has 0 aliphatic heterocycles. The first-order chi connectivity index (χ1) is 8.15. The van der Waals surface area contributed by atoms with Gasteiger partial charge in [0.25, 0.3) is 5.91 Å². The molecule has 17 heavy (non-hydrogen) atoms. The lowest BCUT2D eigenvalue weighted by molar-refractivity contribution is -0.121. The number of amides is 2. The van der Waals surface area contributed by atoms with Gasteiger partial charge in [0.2, 0.25) is 5.91 Å². The molecule has 0 saturated carbocycles. The molecule has 0 radical (unpaired) electrons. The molecule has 1 rings (SSSR count). The van der Waals surface area contributed by atoms with Crippen molar-refractivity contribution in [2.24, 2.45) is 0 Å². The Morgan fingerprint density at radius 2 is 1.94 bits per heavy atom. The van der Waals surface area contributed by atoms with Gasteiger partial charge in [-0.25, -0.2) is 0 Å². The number of carbonyl (C=O) groups excluding carboxylic acids is 2. The summed E-state index contributed by atoms with van der Waals surface area (Å²) in [6.07, 6.45) is 2.14. The Labute approximate surface area is 105 Å². The number of nitrogens with one attached hydrogen (secondary N) is 2. The van der Waals surface area contributed by atoms with Crippen molar-refractivity contribution in [3.8, 4) is 0 Å². The van der Waals surface area contributed by atoms with Gasteiger partial charge in [-0.3, -0.25) is 20.4 Å². The maximum absolute atomic E-state index is 11.6. The van der Waals surface area contributed by atoms with Gasteiger partial charge >= 0.3 is 0 Å². The lowest BCUT2D eigenvalue weighted by atomic mass is 10.2. The van der Waals surface area contributed by atoms with E-state index in [-0.39, 0.29) is 5.91 Å². The fourth-order valence-electron chi connectivity index (χ4n) is 1.24. The van der Waals surface area contributed by atoms with E-state index < -0.39 is 5.91 Å². The number of benzene rings is 1. The van der Waals surface area contributed by atoms with Crippen LogP contribution in [0.2, 0.25) is 5.02 Å². The van der Waals surface area contributed by atoms with Gasteiger partial charge in [-0.05, 0) is 18.6 Å². The third-order valence-electron chi connectivity index (χ3n) is 2.19. The van der Waals surface area contributed by atoms with Crippen LogP contribution in [0.4, 0.5) is 0 Å². The average molecular weight is 255 g/mol. The summed E-state index contributed by atoms with van der Waals surface area (Å²) in [6, 6.07) is 6.66. The summed E-state index contributed by atoms with van der Waals surface area (Å²) in [5.74, 6) is -0.618. The second-order valence-corrected chi connectivity index (χ2v) is 3.99. The molecule has 0 saturated heterocycles. The minimum Gasteiger partial charge on any atom is -0.273 e. The topological polar surface area (TPSA) is 58.2 Å².